The van der Waals surface area contributed by atoms with Crippen molar-refractivity contribution >= 4 is 42.5 Å². The van der Waals surface area contributed by atoms with Crippen molar-refractivity contribution in [3.8, 4) is 5.75 Å². The second-order valence-corrected chi connectivity index (χ2v) is 8.03. The van der Waals surface area contributed by atoms with Crippen LogP contribution in [0.4, 0.5) is 5.69 Å². The summed E-state index contributed by atoms with van der Waals surface area (Å²) in [6.07, 6.45) is 0. The van der Waals surface area contributed by atoms with E-state index in [1.807, 2.05) is 0 Å². The number of halogens is 2. The number of hydrogen-bond donors (Lipinski definition) is 0. The van der Waals surface area contributed by atoms with Crippen molar-refractivity contribution < 1.29 is 52.0 Å². The fourth-order valence-electron chi connectivity index (χ4n) is 2.06. The fourth-order valence-corrected chi connectivity index (χ4v) is 3.50. The predicted molar refractivity (Wildman–Crippen MR) is 98.5 cm³/mol. The number of nitrogens with zero attached hydrogens (tertiary/aromatic N) is 1. The zero-order valence-electron chi connectivity index (χ0n) is 15.2. The van der Waals surface area contributed by atoms with Crippen LogP contribution in [0.1, 0.15) is 11.4 Å². The summed E-state index contributed by atoms with van der Waals surface area (Å²) in [5, 5.41) is 11.2. The first-order valence-electron chi connectivity index (χ1n) is 7.52. The number of non-ortho nitro benzene ring substituents is 1. The maximum Gasteiger partial charge on any atom is 1.00 e. The Morgan fingerprint density at radius 3 is 2.34 bits per heavy atom. The molecule has 2 atom stereocenters. The molecule has 2 aromatic carbocycles. The van der Waals surface area contributed by atoms with Crippen molar-refractivity contribution in [1.29, 1.82) is 0 Å². The maximum absolute atomic E-state index is 12.1. The number of carbonyl (C=O) groups excluding carboxylic acids is 1. The SMILES string of the molecule is COP(=O)([O-])C(OC(=O)COc1ccc(Cl)cc1Cl)c1ccc([N+](=O)[O-])cc1.[Li+]. The Bertz CT molecular complexity index is 928. The van der Waals surface area contributed by atoms with Crippen LogP contribution in [0, 0.1) is 10.1 Å². The first kappa shape index (κ1) is 25.5. The third-order valence-electron chi connectivity index (χ3n) is 3.41. The number of ether oxygens (including phenoxy) is 2. The van der Waals surface area contributed by atoms with E-state index < -0.39 is 30.9 Å². The average Bonchev–Trinajstić information content (AvgIpc) is 2.65. The molecule has 2 rings (SSSR count). The normalized spacial score (nSPS) is 13.5. The van der Waals surface area contributed by atoms with Gasteiger partial charge in [0.15, 0.2) is 20.0 Å². The molecule has 0 saturated heterocycles. The summed E-state index contributed by atoms with van der Waals surface area (Å²) in [5.74, 6) is -2.69. The molecular weight excluding hydrogens is 443 g/mol. The van der Waals surface area contributed by atoms with Crippen molar-refractivity contribution in [3.63, 3.8) is 0 Å². The molecule has 0 bridgehead atoms. The van der Waals surface area contributed by atoms with E-state index in [1.165, 1.54) is 18.2 Å². The third-order valence-corrected chi connectivity index (χ3v) is 5.43. The number of carbonyl (C=O) groups is 1. The van der Waals surface area contributed by atoms with Crippen LogP contribution in [0.25, 0.3) is 0 Å². The number of benzene rings is 2. The summed E-state index contributed by atoms with van der Waals surface area (Å²) < 4.78 is 26.8. The molecule has 0 fully saturated rings. The number of nitro benzene ring substituents is 1. The van der Waals surface area contributed by atoms with Crippen LogP contribution in [0.2, 0.25) is 10.0 Å². The summed E-state index contributed by atoms with van der Waals surface area (Å²) in [7, 11) is -3.77. The number of rotatable bonds is 8. The smallest absolute Gasteiger partial charge is 0.776 e. The molecule has 29 heavy (non-hydrogen) atoms. The van der Waals surface area contributed by atoms with Crippen molar-refractivity contribution in [2.24, 2.45) is 0 Å². The molecule has 0 saturated carbocycles. The van der Waals surface area contributed by atoms with Crippen molar-refractivity contribution in [2.45, 2.75) is 5.85 Å². The minimum atomic E-state index is -4.67. The van der Waals surface area contributed by atoms with Gasteiger partial charge in [0.1, 0.15) is 5.75 Å². The Morgan fingerprint density at radius 1 is 1.21 bits per heavy atom. The quantitative estimate of drug-likeness (QED) is 0.187. The second kappa shape index (κ2) is 11.0. The van der Waals surface area contributed by atoms with Crippen LogP contribution in [-0.2, 0) is 18.6 Å². The molecule has 0 heterocycles. The fraction of sp³-hybridized carbons (Fsp3) is 0.188. The minimum Gasteiger partial charge on any atom is -0.776 e. The van der Waals surface area contributed by atoms with E-state index in [1.54, 1.807) is 0 Å². The van der Waals surface area contributed by atoms with Crippen molar-refractivity contribution in [3.05, 3.63) is 68.2 Å². The van der Waals surface area contributed by atoms with Crippen LogP contribution in [-0.4, -0.2) is 24.6 Å². The number of nitro groups is 1. The molecule has 9 nitrogen and oxygen atoms in total. The molecule has 0 amide bonds. The van der Waals surface area contributed by atoms with E-state index in [0.29, 0.717) is 5.02 Å². The molecule has 2 unspecified atom stereocenters. The van der Waals surface area contributed by atoms with Gasteiger partial charge in [-0.25, -0.2) is 4.79 Å². The Hall–Kier alpha value is -1.56. The van der Waals surface area contributed by atoms with Gasteiger partial charge in [0.2, 0.25) is 0 Å². The summed E-state index contributed by atoms with van der Waals surface area (Å²) in [4.78, 5) is 34.3. The van der Waals surface area contributed by atoms with Gasteiger partial charge < -0.3 is 23.5 Å². The molecular formula is C16H13Cl2LiNO8P. The van der Waals surface area contributed by atoms with E-state index in [9.17, 15) is 24.4 Å². The summed E-state index contributed by atoms with van der Waals surface area (Å²) in [6.45, 7) is -0.644. The number of hydrogen-bond acceptors (Lipinski definition) is 8. The van der Waals surface area contributed by atoms with Gasteiger partial charge in [0.05, 0.1) is 9.95 Å². The van der Waals surface area contributed by atoms with Crippen molar-refractivity contribution in [2.75, 3.05) is 13.7 Å². The van der Waals surface area contributed by atoms with Gasteiger partial charge in [-0.15, -0.1) is 0 Å². The molecule has 0 aromatic heterocycles. The molecule has 0 aliphatic heterocycles. The maximum atomic E-state index is 12.1. The Labute approximate surface area is 187 Å². The molecule has 0 aliphatic rings. The van der Waals surface area contributed by atoms with E-state index in [-0.39, 0.29) is 40.9 Å². The Balaban J connectivity index is 0.00000420. The monoisotopic (exact) mass is 455 g/mol. The number of esters is 1. The van der Waals surface area contributed by atoms with Gasteiger partial charge in [0.25, 0.3) is 5.69 Å². The van der Waals surface area contributed by atoms with Crippen LogP contribution in [0.5, 0.6) is 5.75 Å². The van der Waals surface area contributed by atoms with E-state index in [4.69, 9.17) is 32.7 Å². The van der Waals surface area contributed by atoms with Crippen LogP contribution in [0.15, 0.2) is 42.5 Å². The Morgan fingerprint density at radius 2 is 1.83 bits per heavy atom. The zero-order valence-corrected chi connectivity index (χ0v) is 17.6. The molecule has 0 spiro atoms. The zero-order chi connectivity index (χ0) is 20.9. The van der Waals surface area contributed by atoms with Crippen LogP contribution in [0.3, 0.4) is 0 Å². The van der Waals surface area contributed by atoms with E-state index in [2.05, 4.69) is 4.52 Å². The third kappa shape index (κ3) is 7.02. The van der Waals surface area contributed by atoms with Gasteiger partial charge in [-0.05, 0) is 30.3 Å². The standard InChI is InChI=1S/C16H14Cl2NO8P.Li/c1-25-28(23,24)16(10-2-5-12(6-3-10)19(21)22)27-15(20)9-26-14-7-4-11(17)8-13(14)18;/h2-8,16H,9H2,1H3,(H,23,24);/q;+1/p-1. The van der Waals surface area contributed by atoms with E-state index >= 15 is 0 Å². The molecule has 0 aliphatic carbocycles. The average molecular weight is 456 g/mol. The van der Waals surface area contributed by atoms with Gasteiger partial charge >= 0.3 is 24.8 Å². The summed E-state index contributed by atoms with van der Waals surface area (Å²) >= 11 is 11.7. The molecule has 2 aromatic rings. The van der Waals surface area contributed by atoms with Crippen LogP contribution >= 0.6 is 30.8 Å². The predicted octanol–water partition coefficient (Wildman–Crippen LogP) is 0.726. The molecule has 0 radical (unpaired) electrons. The topological polar surface area (TPSA) is 128 Å². The molecule has 150 valence electrons. The first-order valence-corrected chi connectivity index (χ1v) is 9.89. The molecule has 0 N–H and O–H groups in total. The minimum absolute atomic E-state index is 0. The van der Waals surface area contributed by atoms with Gasteiger partial charge in [0, 0.05) is 29.8 Å². The van der Waals surface area contributed by atoms with Gasteiger partial charge in [-0.2, -0.15) is 0 Å². The summed E-state index contributed by atoms with van der Waals surface area (Å²) in [6, 6.07) is 8.78. The largest absolute Gasteiger partial charge is 1.00 e. The Kier molecular flexibility index (Phi) is 9.66. The van der Waals surface area contributed by atoms with Crippen molar-refractivity contribution in [1.82, 2.24) is 0 Å². The van der Waals surface area contributed by atoms with E-state index in [0.717, 1.165) is 31.4 Å². The first-order chi connectivity index (χ1) is 13.1. The summed E-state index contributed by atoms with van der Waals surface area (Å²) in [5.41, 5.74) is -0.281. The van der Waals surface area contributed by atoms with Crippen LogP contribution < -0.4 is 28.5 Å². The molecule has 13 heteroatoms. The second-order valence-electron chi connectivity index (χ2n) is 5.28. The van der Waals surface area contributed by atoms with Gasteiger partial charge in [-0.1, -0.05) is 23.2 Å². The van der Waals surface area contributed by atoms with Gasteiger partial charge in [-0.3, -0.25) is 10.1 Å².